The number of anilines is 1. The highest BCUT2D eigenvalue weighted by molar-refractivity contribution is 6.00. The summed E-state index contributed by atoms with van der Waals surface area (Å²) in [5.74, 6) is -1.04. The minimum Gasteiger partial charge on any atom is -0.387 e. The molecule has 30 heavy (non-hydrogen) atoms. The van der Waals surface area contributed by atoms with Gasteiger partial charge in [-0.3, -0.25) is 9.78 Å². The van der Waals surface area contributed by atoms with Crippen molar-refractivity contribution in [1.29, 1.82) is 0 Å². The van der Waals surface area contributed by atoms with Crippen LogP contribution < -0.4 is 10.6 Å². The van der Waals surface area contributed by atoms with Crippen LogP contribution in [0.3, 0.4) is 0 Å². The lowest BCUT2D eigenvalue weighted by Gasteiger charge is -2.23. The average Bonchev–Trinajstić information content (AvgIpc) is 3.07. The van der Waals surface area contributed by atoms with E-state index in [-0.39, 0.29) is 18.2 Å². The number of halogens is 2. The number of carbonyl (C=O) groups excluding carboxylic acids is 1. The van der Waals surface area contributed by atoms with E-state index in [1.165, 1.54) is 37.0 Å². The molecule has 0 aliphatic rings. The molecule has 1 atom stereocenters. The molecule has 3 rings (SSSR count). The van der Waals surface area contributed by atoms with Gasteiger partial charge in [-0.25, -0.2) is 18.3 Å². The number of hydrogen-bond donors (Lipinski definition) is 3. The normalized spacial score (nSPS) is 12.9. The molecule has 0 aromatic carbocycles. The average molecular weight is 418 g/mol. The van der Waals surface area contributed by atoms with Gasteiger partial charge in [0.1, 0.15) is 6.17 Å². The first-order valence-electron chi connectivity index (χ1n) is 9.46. The van der Waals surface area contributed by atoms with Crippen molar-refractivity contribution in [1.82, 2.24) is 24.9 Å². The van der Waals surface area contributed by atoms with Gasteiger partial charge in [0, 0.05) is 12.2 Å². The fraction of sp³-hybridized carbons (Fsp3) is 0.400. The third kappa shape index (κ3) is 4.70. The standard InChI is InChI=1S/C20H24F2N6O2/c1-11(2)27-16-5-15(13-8-26-28-10-12(21)6-24-18(13)28)23-7-14(16)19(29)25-9-17(22)20(3,4)30/h5-8,10-11,17,30H,9H2,1-4H3,(H,23,27)(H,25,29)/t17-/m1/s1. The van der Waals surface area contributed by atoms with Crippen LogP contribution in [0.4, 0.5) is 14.5 Å². The molecular weight excluding hydrogens is 394 g/mol. The lowest BCUT2D eigenvalue weighted by Crippen LogP contribution is -2.42. The summed E-state index contributed by atoms with van der Waals surface area (Å²) in [5, 5.41) is 19.5. The van der Waals surface area contributed by atoms with Crippen molar-refractivity contribution in [2.45, 2.75) is 45.5 Å². The number of fused-ring (bicyclic) bond motifs is 1. The zero-order valence-corrected chi connectivity index (χ0v) is 17.1. The molecule has 3 N–H and O–H groups in total. The Morgan fingerprint density at radius 2 is 2.00 bits per heavy atom. The fourth-order valence-corrected chi connectivity index (χ4v) is 2.77. The molecule has 0 radical (unpaired) electrons. The maximum atomic E-state index is 14.0. The number of aromatic nitrogens is 4. The van der Waals surface area contributed by atoms with Crippen molar-refractivity contribution in [3.05, 3.63) is 42.2 Å². The van der Waals surface area contributed by atoms with Gasteiger partial charge in [0.2, 0.25) is 0 Å². The van der Waals surface area contributed by atoms with Crippen molar-refractivity contribution in [3.63, 3.8) is 0 Å². The Hall–Kier alpha value is -3.14. The zero-order chi connectivity index (χ0) is 22.1. The molecule has 3 aromatic heterocycles. The number of alkyl halides is 1. The highest BCUT2D eigenvalue weighted by Crippen LogP contribution is 2.26. The number of amides is 1. The monoisotopic (exact) mass is 418 g/mol. The van der Waals surface area contributed by atoms with Crippen molar-refractivity contribution in [3.8, 4) is 11.3 Å². The van der Waals surface area contributed by atoms with Crippen LogP contribution in [0.5, 0.6) is 0 Å². The molecule has 0 spiro atoms. The van der Waals surface area contributed by atoms with E-state index in [4.69, 9.17) is 0 Å². The van der Waals surface area contributed by atoms with Gasteiger partial charge in [0.05, 0.1) is 53.2 Å². The second-order valence-corrected chi connectivity index (χ2v) is 7.84. The quantitative estimate of drug-likeness (QED) is 0.545. The Bertz CT molecular complexity index is 1060. The number of carbonyl (C=O) groups is 1. The molecule has 3 heterocycles. The van der Waals surface area contributed by atoms with Crippen LogP contribution in [0.15, 0.2) is 30.9 Å². The largest absolute Gasteiger partial charge is 0.387 e. The summed E-state index contributed by atoms with van der Waals surface area (Å²) < 4.78 is 28.7. The Balaban J connectivity index is 1.92. The van der Waals surface area contributed by atoms with Gasteiger partial charge in [-0.05, 0) is 33.8 Å². The first kappa shape index (κ1) is 21.6. The molecule has 8 nitrogen and oxygen atoms in total. The van der Waals surface area contributed by atoms with Crippen LogP contribution in [-0.2, 0) is 0 Å². The summed E-state index contributed by atoms with van der Waals surface area (Å²) in [5.41, 5.74) is 0.633. The topological polar surface area (TPSA) is 104 Å². The lowest BCUT2D eigenvalue weighted by atomic mass is 10.0. The van der Waals surface area contributed by atoms with E-state index in [1.54, 1.807) is 6.07 Å². The minimum absolute atomic E-state index is 0.00762. The molecule has 160 valence electrons. The number of nitrogens with zero attached hydrogens (tertiary/aromatic N) is 4. The van der Waals surface area contributed by atoms with Crippen LogP contribution in [0.1, 0.15) is 38.1 Å². The van der Waals surface area contributed by atoms with E-state index >= 15 is 0 Å². The number of hydrogen-bond acceptors (Lipinski definition) is 6. The van der Waals surface area contributed by atoms with Crippen LogP contribution in [0.2, 0.25) is 0 Å². The molecule has 1 amide bonds. The van der Waals surface area contributed by atoms with Crippen LogP contribution in [0, 0.1) is 5.82 Å². The van der Waals surface area contributed by atoms with E-state index in [0.717, 1.165) is 6.20 Å². The van der Waals surface area contributed by atoms with Gasteiger partial charge >= 0.3 is 0 Å². The van der Waals surface area contributed by atoms with E-state index in [1.807, 2.05) is 13.8 Å². The van der Waals surface area contributed by atoms with Crippen molar-refractivity contribution < 1.29 is 18.7 Å². The number of nitrogens with one attached hydrogen (secondary N) is 2. The Morgan fingerprint density at radius 3 is 2.67 bits per heavy atom. The first-order valence-corrected chi connectivity index (χ1v) is 9.46. The van der Waals surface area contributed by atoms with E-state index in [2.05, 4.69) is 25.7 Å². The highest BCUT2D eigenvalue weighted by Gasteiger charge is 2.27. The van der Waals surface area contributed by atoms with Gasteiger partial charge in [-0.2, -0.15) is 5.10 Å². The molecular formula is C20H24F2N6O2. The number of aliphatic hydroxyl groups is 1. The maximum absolute atomic E-state index is 14.0. The van der Waals surface area contributed by atoms with Gasteiger partial charge in [-0.15, -0.1) is 0 Å². The fourth-order valence-electron chi connectivity index (χ4n) is 2.77. The SMILES string of the molecule is CC(C)Nc1cc(-c2cnn3cc(F)cnc23)ncc1C(=O)NC[C@@H](F)C(C)(C)O. The molecule has 0 saturated carbocycles. The summed E-state index contributed by atoms with van der Waals surface area (Å²) in [7, 11) is 0. The molecule has 0 unspecified atom stereocenters. The Labute approximate surface area is 172 Å². The molecule has 10 heteroatoms. The molecule has 3 aromatic rings. The summed E-state index contributed by atoms with van der Waals surface area (Å²) >= 11 is 0. The maximum Gasteiger partial charge on any atom is 0.255 e. The number of pyridine rings is 1. The lowest BCUT2D eigenvalue weighted by molar-refractivity contribution is -0.00177. The van der Waals surface area contributed by atoms with E-state index < -0.39 is 23.5 Å². The smallest absolute Gasteiger partial charge is 0.255 e. The molecule has 0 aliphatic heterocycles. The van der Waals surface area contributed by atoms with E-state index in [9.17, 15) is 18.7 Å². The van der Waals surface area contributed by atoms with Gasteiger partial charge in [0.15, 0.2) is 11.5 Å². The zero-order valence-electron chi connectivity index (χ0n) is 17.1. The summed E-state index contributed by atoms with van der Waals surface area (Å²) in [6.07, 6.45) is 3.56. The second kappa shape index (κ2) is 8.31. The summed E-state index contributed by atoms with van der Waals surface area (Å²) in [6, 6.07) is 1.67. The van der Waals surface area contributed by atoms with Crippen LogP contribution in [0.25, 0.3) is 16.9 Å². The third-order valence-electron chi connectivity index (χ3n) is 4.40. The first-order chi connectivity index (χ1) is 14.1. The predicted molar refractivity (Wildman–Crippen MR) is 108 cm³/mol. The molecule has 0 aliphatic carbocycles. The van der Waals surface area contributed by atoms with Crippen molar-refractivity contribution in [2.24, 2.45) is 0 Å². The predicted octanol–water partition coefficient (Wildman–Crippen LogP) is 2.59. The molecule has 0 fully saturated rings. The highest BCUT2D eigenvalue weighted by atomic mass is 19.1. The molecule has 0 bridgehead atoms. The van der Waals surface area contributed by atoms with Crippen LogP contribution >= 0.6 is 0 Å². The van der Waals surface area contributed by atoms with Gasteiger partial charge in [0.25, 0.3) is 5.91 Å². The Kier molecular flexibility index (Phi) is 5.97. The van der Waals surface area contributed by atoms with Crippen molar-refractivity contribution >= 4 is 17.2 Å². The summed E-state index contributed by atoms with van der Waals surface area (Å²) in [6.45, 7) is 6.15. The van der Waals surface area contributed by atoms with Gasteiger partial charge < -0.3 is 15.7 Å². The number of rotatable bonds is 7. The molecule has 0 saturated heterocycles. The third-order valence-corrected chi connectivity index (χ3v) is 4.40. The van der Waals surface area contributed by atoms with Crippen molar-refractivity contribution in [2.75, 3.05) is 11.9 Å². The Morgan fingerprint density at radius 1 is 1.27 bits per heavy atom. The summed E-state index contributed by atoms with van der Waals surface area (Å²) in [4.78, 5) is 21.0. The van der Waals surface area contributed by atoms with Gasteiger partial charge in [-0.1, -0.05) is 0 Å². The minimum atomic E-state index is -1.62. The second-order valence-electron chi connectivity index (χ2n) is 7.84. The van der Waals surface area contributed by atoms with E-state index in [0.29, 0.717) is 22.6 Å². The van der Waals surface area contributed by atoms with Crippen LogP contribution in [-0.4, -0.2) is 55.0 Å².